The van der Waals surface area contributed by atoms with Crippen molar-refractivity contribution in [2.75, 3.05) is 52.8 Å². The predicted molar refractivity (Wildman–Crippen MR) is 114 cm³/mol. The fourth-order valence-corrected chi connectivity index (χ4v) is 2.75. The van der Waals surface area contributed by atoms with Gasteiger partial charge in [0.05, 0.1) is 43.7 Å². The van der Waals surface area contributed by atoms with Gasteiger partial charge in [0.2, 0.25) is 0 Å². The monoisotopic (exact) mass is 441 g/mol. The Morgan fingerprint density at radius 1 is 1.10 bits per heavy atom. The van der Waals surface area contributed by atoms with Gasteiger partial charge in [-0.15, -0.1) is 0 Å². The number of carbonyl (C=O) groups excluding carboxylic acids is 3. The summed E-state index contributed by atoms with van der Waals surface area (Å²) >= 11 is 6.29. The number of carbonyl (C=O) groups is 3. The first-order chi connectivity index (χ1) is 14.3. The van der Waals surface area contributed by atoms with Crippen molar-refractivity contribution in [2.45, 2.75) is 13.8 Å². The van der Waals surface area contributed by atoms with Gasteiger partial charge in [0.15, 0.2) is 0 Å². The average Bonchev–Trinajstić information content (AvgIpc) is 2.76. The standard InChI is InChI=1S/C20H28ClN3O6/c1-6-24(7-2)9-8-22-19(26)13-10-14(21)15(11-17(13)28-3)23-16(20(27)30-5)12-18(25)29-4/h10-12,23H,6-9H2,1-5H3,(H,22,26)/b16-12+. The molecule has 0 radical (unpaired) electrons. The molecule has 0 heterocycles. The minimum absolute atomic E-state index is 0.143. The van der Waals surface area contributed by atoms with E-state index in [1.54, 1.807) is 0 Å². The van der Waals surface area contributed by atoms with E-state index in [0.29, 0.717) is 6.54 Å². The zero-order valence-corrected chi connectivity index (χ0v) is 18.6. The minimum Gasteiger partial charge on any atom is -0.496 e. The summed E-state index contributed by atoms with van der Waals surface area (Å²) < 4.78 is 14.5. The van der Waals surface area contributed by atoms with Crippen LogP contribution in [0.3, 0.4) is 0 Å². The lowest BCUT2D eigenvalue weighted by molar-refractivity contribution is -0.138. The Kier molecular flexibility index (Phi) is 10.7. The molecule has 30 heavy (non-hydrogen) atoms. The van der Waals surface area contributed by atoms with Crippen LogP contribution in [0.2, 0.25) is 5.02 Å². The largest absolute Gasteiger partial charge is 0.496 e. The lowest BCUT2D eigenvalue weighted by Gasteiger charge is -2.18. The second kappa shape index (κ2) is 12.7. The second-order valence-corrected chi connectivity index (χ2v) is 6.42. The van der Waals surface area contributed by atoms with E-state index >= 15 is 0 Å². The molecule has 1 aromatic carbocycles. The quantitative estimate of drug-likeness (QED) is 0.397. The number of hydrogen-bond donors (Lipinski definition) is 2. The lowest BCUT2D eigenvalue weighted by Crippen LogP contribution is -2.34. The summed E-state index contributed by atoms with van der Waals surface area (Å²) in [5.41, 5.74) is 0.294. The molecule has 0 fully saturated rings. The number of nitrogens with one attached hydrogen (secondary N) is 2. The highest BCUT2D eigenvalue weighted by Crippen LogP contribution is 2.32. The van der Waals surface area contributed by atoms with Crippen molar-refractivity contribution in [1.29, 1.82) is 0 Å². The van der Waals surface area contributed by atoms with E-state index in [1.807, 2.05) is 0 Å². The normalized spacial score (nSPS) is 11.1. The topological polar surface area (TPSA) is 106 Å². The molecule has 1 amide bonds. The van der Waals surface area contributed by atoms with Crippen LogP contribution in [0.5, 0.6) is 5.75 Å². The van der Waals surface area contributed by atoms with Gasteiger partial charge in [-0.2, -0.15) is 0 Å². The summed E-state index contributed by atoms with van der Waals surface area (Å²) in [7, 11) is 3.76. The number of likely N-dealkylation sites (N-methyl/N-ethyl adjacent to an activating group) is 1. The van der Waals surface area contributed by atoms with Crippen LogP contribution in [0.4, 0.5) is 5.69 Å². The molecule has 0 atom stereocenters. The number of esters is 2. The second-order valence-electron chi connectivity index (χ2n) is 6.01. The zero-order valence-electron chi connectivity index (χ0n) is 17.8. The summed E-state index contributed by atoms with van der Waals surface area (Å²) in [4.78, 5) is 38.2. The highest BCUT2D eigenvalue weighted by molar-refractivity contribution is 6.34. The number of ether oxygens (including phenoxy) is 3. The molecule has 9 nitrogen and oxygen atoms in total. The van der Waals surface area contributed by atoms with Gasteiger partial charge in [-0.3, -0.25) is 4.79 Å². The van der Waals surface area contributed by atoms with E-state index < -0.39 is 11.9 Å². The molecule has 0 saturated heterocycles. The van der Waals surface area contributed by atoms with E-state index in [-0.39, 0.29) is 33.6 Å². The van der Waals surface area contributed by atoms with Crippen LogP contribution in [-0.4, -0.2) is 70.3 Å². The predicted octanol–water partition coefficient (Wildman–Crippen LogP) is 2.06. The van der Waals surface area contributed by atoms with Gasteiger partial charge < -0.3 is 29.7 Å². The Labute approximate surface area is 181 Å². The summed E-state index contributed by atoms with van der Waals surface area (Å²) in [6.07, 6.45) is 0.933. The van der Waals surface area contributed by atoms with E-state index in [9.17, 15) is 14.4 Å². The summed E-state index contributed by atoms with van der Waals surface area (Å²) in [5, 5.41) is 5.69. The fourth-order valence-electron chi connectivity index (χ4n) is 2.54. The molecule has 0 aliphatic carbocycles. The van der Waals surface area contributed by atoms with Crippen molar-refractivity contribution >= 4 is 35.1 Å². The van der Waals surface area contributed by atoms with Gasteiger partial charge in [0.1, 0.15) is 11.4 Å². The molecule has 0 bridgehead atoms. The van der Waals surface area contributed by atoms with E-state index in [4.69, 9.17) is 16.3 Å². The number of nitrogens with zero attached hydrogens (tertiary/aromatic N) is 1. The summed E-state index contributed by atoms with van der Waals surface area (Å²) in [5.74, 6) is -1.65. The van der Waals surface area contributed by atoms with Crippen LogP contribution in [-0.2, 0) is 19.1 Å². The number of methoxy groups -OCH3 is 3. The van der Waals surface area contributed by atoms with Gasteiger partial charge in [-0.05, 0) is 19.2 Å². The number of amides is 1. The van der Waals surface area contributed by atoms with Gasteiger partial charge >= 0.3 is 11.9 Å². The first-order valence-corrected chi connectivity index (χ1v) is 9.71. The van der Waals surface area contributed by atoms with E-state index in [1.165, 1.54) is 33.5 Å². The third-order valence-corrected chi connectivity index (χ3v) is 4.59. The van der Waals surface area contributed by atoms with Crippen LogP contribution in [0.25, 0.3) is 0 Å². The van der Waals surface area contributed by atoms with Crippen molar-refractivity contribution < 1.29 is 28.6 Å². The van der Waals surface area contributed by atoms with Gasteiger partial charge in [-0.25, -0.2) is 9.59 Å². The minimum atomic E-state index is -0.798. The number of benzene rings is 1. The maximum Gasteiger partial charge on any atom is 0.354 e. The van der Waals surface area contributed by atoms with Crippen LogP contribution in [0.15, 0.2) is 23.9 Å². The molecule has 0 saturated carbocycles. The highest BCUT2D eigenvalue weighted by Gasteiger charge is 2.19. The highest BCUT2D eigenvalue weighted by atomic mass is 35.5. The van der Waals surface area contributed by atoms with Crippen LogP contribution < -0.4 is 15.4 Å². The van der Waals surface area contributed by atoms with Crippen molar-refractivity contribution in [1.82, 2.24) is 10.2 Å². The van der Waals surface area contributed by atoms with Gasteiger partial charge in [-0.1, -0.05) is 25.4 Å². The molecule has 10 heteroatoms. The first kappa shape index (κ1) is 25.3. The number of rotatable bonds is 11. The number of hydrogen-bond acceptors (Lipinski definition) is 8. The Morgan fingerprint density at radius 2 is 1.77 bits per heavy atom. The van der Waals surface area contributed by atoms with Crippen molar-refractivity contribution in [3.05, 3.63) is 34.5 Å². The third-order valence-electron chi connectivity index (χ3n) is 4.28. The average molecular weight is 442 g/mol. The zero-order chi connectivity index (χ0) is 22.7. The number of anilines is 1. The van der Waals surface area contributed by atoms with Crippen LogP contribution in [0.1, 0.15) is 24.2 Å². The van der Waals surface area contributed by atoms with E-state index in [0.717, 1.165) is 25.7 Å². The molecular weight excluding hydrogens is 414 g/mol. The molecular formula is C20H28ClN3O6. The smallest absolute Gasteiger partial charge is 0.354 e. The maximum atomic E-state index is 12.6. The molecule has 0 unspecified atom stereocenters. The van der Waals surface area contributed by atoms with Crippen molar-refractivity contribution in [2.24, 2.45) is 0 Å². The molecule has 2 N–H and O–H groups in total. The van der Waals surface area contributed by atoms with Crippen molar-refractivity contribution in [3.8, 4) is 5.75 Å². The summed E-state index contributed by atoms with van der Waals surface area (Å²) in [6.45, 7) is 7.08. The Morgan fingerprint density at radius 3 is 2.30 bits per heavy atom. The van der Waals surface area contributed by atoms with Crippen LogP contribution >= 0.6 is 11.6 Å². The lowest BCUT2D eigenvalue weighted by atomic mass is 10.1. The molecule has 0 aliphatic rings. The molecule has 0 aromatic heterocycles. The third kappa shape index (κ3) is 7.23. The SMILES string of the molecule is CCN(CC)CCNC(=O)c1cc(Cl)c(N/C(=C/C(=O)OC)C(=O)OC)cc1OC. The summed E-state index contributed by atoms with van der Waals surface area (Å²) in [6, 6.07) is 2.87. The van der Waals surface area contributed by atoms with Gasteiger partial charge in [0, 0.05) is 19.2 Å². The molecule has 0 spiro atoms. The number of halogens is 1. The Balaban J connectivity index is 3.08. The molecule has 1 rings (SSSR count). The van der Waals surface area contributed by atoms with E-state index in [2.05, 4.69) is 38.9 Å². The molecule has 166 valence electrons. The van der Waals surface area contributed by atoms with Crippen molar-refractivity contribution in [3.63, 3.8) is 0 Å². The molecule has 1 aromatic rings. The fraction of sp³-hybridized carbons (Fsp3) is 0.450. The Bertz CT molecular complexity index is 793. The van der Waals surface area contributed by atoms with Crippen LogP contribution in [0, 0.1) is 0 Å². The Hall–Kier alpha value is -2.78. The first-order valence-electron chi connectivity index (χ1n) is 9.34. The maximum absolute atomic E-state index is 12.6. The molecule has 0 aliphatic heterocycles. The van der Waals surface area contributed by atoms with Gasteiger partial charge in [0.25, 0.3) is 5.91 Å².